The fourth-order valence-corrected chi connectivity index (χ4v) is 1.94. The molecule has 0 atom stereocenters. The van der Waals surface area contributed by atoms with E-state index in [-0.39, 0.29) is 5.92 Å². The van der Waals surface area contributed by atoms with E-state index in [2.05, 4.69) is 51.5 Å². The first kappa shape index (κ1) is 11.3. The molecule has 0 spiro atoms. The van der Waals surface area contributed by atoms with Crippen molar-refractivity contribution in [1.82, 2.24) is 19.7 Å². The van der Waals surface area contributed by atoms with Crippen LogP contribution in [0.15, 0.2) is 18.7 Å². The van der Waals surface area contributed by atoms with E-state index in [1.165, 1.54) is 6.33 Å². The minimum absolute atomic E-state index is 0.262. The summed E-state index contributed by atoms with van der Waals surface area (Å²) < 4.78 is 2.79. The van der Waals surface area contributed by atoms with E-state index in [1.54, 1.807) is 10.9 Å². The summed E-state index contributed by atoms with van der Waals surface area (Å²) in [5.41, 5.74) is 6.80. The van der Waals surface area contributed by atoms with Crippen LogP contribution in [0.3, 0.4) is 0 Å². The Morgan fingerprint density at radius 2 is 2.12 bits per heavy atom. The Balaban J connectivity index is 2.60. The first-order chi connectivity index (χ1) is 7.59. The van der Waals surface area contributed by atoms with Crippen LogP contribution in [0.4, 0.5) is 5.82 Å². The normalized spacial score (nSPS) is 11.0. The summed E-state index contributed by atoms with van der Waals surface area (Å²) in [6.45, 7) is 4.13. The predicted molar refractivity (Wildman–Crippen MR) is 70.4 cm³/mol. The molecular weight excluding hydrogens is 317 g/mol. The van der Waals surface area contributed by atoms with Gasteiger partial charge in [-0.2, -0.15) is 5.10 Å². The molecule has 0 saturated carbocycles. The van der Waals surface area contributed by atoms with Gasteiger partial charge in [-0.15, -0.1) is 0 Å². The molecule has 16 heavy (non-hydrogen) atoms. The average molecular weight is 329 g/mol. The van der Waals surface area contributed by atoms with Crippen molar-refractivity contribution in [3.05, 3.63) is 27.9 Å². The van der Waals surface area contributed by atoms with Crippen molar-refractivity contribution < 1.29 is 0 Å². The summed E-state index contributed by atoms with van der Waals surface area (Å²) in [5, 5.41) is 4.23. The minimum atomic E-state index is 0.262. The Morgan fingerprint density at radius 1 is 1.38 bits per heavy atom. The van der Waals surface area contributed by atoms with Gasteiger partial charge in [-0.3, -0.25) is 0 Å². The molecule has 0 amide bonds. The molecule has 2 aromatic heterocycles. The Morgan fingerprint density at radius 3 is 2.69 bits per heavy atom. The van der Waals surface area contributed by atoms with Crippen molar-refractivity contribution in [3.63, 3.8) is 0 Å². The zero-order valence-corrected chi connectivity index (χ0v) is 11.2. The van der Waals surface area contributed by atoms with Crippen molar-refractivity contribution in [1.29, 1.82) is 0 Å². The summed E-state index contributed by atoms with van der Waals surface area (Å²) in [7, 11) is 0. The maximum absolute atomic E-state index is 5.87. The number of hydrogen-bond donors (Lipinski definition) is 1. The lowest BCUT2D eigenvalue weighted by atomic mass is 10.1. The van der Waals surface area contributed by atoms with Crippen LogP contribution in [-0.4, -0.2) is 19.7 Å². The fourth-order valence-electron chi connectivity index (χ4n) is 1.55. The van der Waals surface area contributed by atoms with Crippen molar-refractivity contribution >= 4 is 28.4 Å². The van der Waals surface area contributed by atoms with E-state index >= 15 is 0 Å². The van der Waals surface area contributed by atoms with Crippen LogP contribution in [0, 0.1) is 3.57 Å². The Hall–Kier alpha value is -1.18. The largest absolute Gasteiger partial charge is 0.383 e. The van der Waals surface area contributed by atoms with Gasteiger partial charge in [0.2, 0.25) is 0 Å². The third-order valence-corrected chi connectivity index (χ3v) is 2.80. The second kappa shape index (κ2) is 4.36. The molecular formula is C10H12IN5. The van der Waals surface area contributed by atoms with Crippen molar-refractivity contribution in [3.8, 4) is 5.82 Å². The predicted octanol–water partition coefficient (Wildman–Crippen LogP) is 1.97. The van der Waals surface area contributed by atoms with E-state index in [0.29, 0.717) is 5.82 Å². The highest BCUT2D eigenvalue weighted by Gasteiger charge is 2.14. The molecule has 0 aromatic carbocycles. The third-order valence-electron chi connectivity index (χ3n) is 2.24. The molecule has 2 rings (SSSR count). The van der Waals surface area contributed by atoms with E-state index in [9.17, 15) is 0 Å². The quantitative estimate of drug-likeness (QED) is 0.856. The van der Waals surface area contributed by atoms with Crippen LogP contribution in [0.25, 0.3) is 5.82 Å². The van der Waals surface area contributed by atoms with E-state index < -0.39 is 0 Å². The first-order valence-corrected chi connectivity index (χ1v) is 5.98. The van der Waals surface area contributed by atoms with Gasteiger partial charge < -0.3 is 5.73 Å². The Bertz CT molecular complexity index is 506. The second-order valence-corrected chi connectivity index (χ2v) is 5.00. The van der Waals surface area contributed by atoms with Gasteiger partial charge in [0.15, 0.2) is 5.82 Å². The fraction of sp³-hybridized carbons (Fsp3) is 0.300. The molecule has 5 nitrogen and oxygen atoms in total. The van der Waals surface area contributed by atoms with Gasteiger partial charge in [0.05, 0.1) is 9.77 Å². The molecule has 2 aromatic rings. The number of aromatic nitrogens is 4. The molecule has 0 saturated heterocycles. The molecule has 0 radical (unpaired) electrons. The molecule has 84 valence electrons. The maximum atomic E-state index is 5.87. The van der Waals surface area contributed by atoms with Gasteiger partial charge >= 0.3 is 0 Å². The van der Waals surface area contributed by atoms with Crippen molar-refractivity contribution in [2.45, 2.75) is 19.8 Å². The zero-order chi connectivity index (χ0) is 11.7. The highest BCUT2D eigenvalue weighted by Crippen LogP contribution is 2.25. The van der Waals surface area contributed by atoms with Crippen LogP contribution < -0.4 is 5.73 Å². The van der Waals surface area contributed by atoms with Crippen LogP contribution >= 0.6 is 22.6 Å². The Labute approximate surface area is 107 Å². The van der Waals surface area contributed by atoms with Gasteiger partial charge in [0.25, 0.3) is 0 Å². The highest BCUT2D eigenvalue weighted by atomic mass is 127. The molecule has 0 aliphatic rings. The van der Waals surface area contributed by atoms with Crippen LogP contribution in [0.5, 0.6) is 0 Å². The molecule has 2 heterocycles. The number of nitrogens with zero attached hydrogens (tertiary/aromatic N) is 4. The molecule has 0 fully saturated rings. The summed E-state index contributed by atoms with van der Waals surface area (Å²) in [5.74, 6) is 1.54. The van der Waals surface area contributed by atoms with Gasteiger partial charge in [0.1, 0.15) is 12.1 Å². The lowest BCUT2D eigenvalue weighted by Crippen LogP contribution is -2.09. The number of nitrogens with two attached hydrogens (primary N) is 1. The van der Waals surface area contributed by atoms with Crippen LogP contribution in [0.1, 0.15) is 25.3 Å². The van der Waals surface area contributed by atoms with Crippen LogP contribution in [-0.2, 0) is 0 Å². The first-order valence-electron chi connectivity index (χ1n) is 4.90. The van der Waals surface area contributed by atoms with Gasteiger partial charge in [0, 0.05) is 11.8 Å². The standard InChI is InChI=1S/C10H12IN5/c1-6(2)8-9(12)13-5-14-10(8)16-4-7(11)3-15-16/h3-6H,1-2H3,(H2,12,13,14). The Kier molecular flexibility index (Phi) is 3.08. The molecule has 0 aliphatic heterocycles. The lowest BCUT2D eigenvalue weighted by molar-refractivity contribution is 0.776. The number of nitrogen functional groups attached to an aromatic ring is 1. The van der Waals surface area contributed by atoms with Crippen LogP contribution in [0.2, 0.25) is 0 Å². The molecule has 2 N–H and O–H groups in total. The van der Waals surface area contributed by atoms with E-state index in [4.69, 9.17) is 5.73 Å². The van der Waals surface area contributed by atoms with Gasteiger partial charge in [-0.05, 0) is 28.5 Å². The minimum Gasteiger partial charge on any atom is -0.383 e. The van der Waals surface area contributed by atoms with E-state index in [0.717, 1.165) is 15.0 Å². The third kappa shape index (κ3) is 2.01. The summed E-state index contributed by atoms with van der Waals surface area (Å²) in [6.07, 6.45) is 5.16. The molecule has 0 bridgehead atoms. The zero-order valence-electron chi connectivity index (χ0n) is 9.05. The highest BCUT2D eigenvalue weighted by molar-refractivity contribution is 14.1. The summed E-state index contributed by atoms with van der Waals surface area (Å²) in [6, 6.07) is 0. The van der Waals surface area contributed by atoms with Crippen molar-refractivity contribution in [2.24, 2.45) is 0 Å². The van der Waals surface area contributed by atoms with Gasteiger partial charge in [-0.1, -0.05) is 13.8 Å². The number of rotatable bonds is 2. The number of anilines is 1. The smallest absolute Gasteiger partial charge is 0.162 e. The number of hydrogen-bond acceptors (Lipinski definition) is 4. The SMILES string of the molecule is CC(C)c1c(N)ncnc1-n1cc(I)cn1. The second-order valence-electron chi connectivity index (χ2n) is 3.75. The summed E-state index contributed by atoms with van der Waals surface area (Å²) in [4.78, 5) is 8.27. The average Bonchev–Trinajstić information content (AvgIpc) is 2.63. The monoisotopic (exact) mass is 329 g/mol. The van der Waals surface area contributed by atoms with Crippen molar-refractivity contribution in [2.75, 3.05) is 5.73 Å². The maximum Gasteiger partial charge on any atom is 0.162 e. The molecule has 6 heteroatoms. The lowest BCUT2D eigenvalue weighted by Gasteiger charge is -2.12. The topological polar surface area (TPSA) is 69.6 Å². The number of halogens is 1. The molecule has 0 aliphatic carbocycles. The van der Waals surface area contributed by atoms with Gasteiger partial charge in [-0.25, -0.2) is 14.6 Å². The summed E-state index contributed by atoms with van der Waals surface area (Å²) >= 11 is 2.21. The van der Waals surface area contributed by atoms with E-state index in [1.807, 2.05) is 6.20 Å². The molecule has 0 unspecified atom stereocenters.